The number of amides is 1. The summed E-state index contributed by atoms with van der Waals surface area (Å²) in [5, 5.41) is 7.75. The van der Waals surface area contributed by atoms with Crippen molar-refractivity contribution in [3.05, 3.63) is 35.1 Å². The first-order valence-electron chi connectivity index (χ1n) is 3.78. The first-order chi connectivity index (χ1) is 6.56. The molecule has 74 valence electrons. The van der Waals surface area contributed by atoms with Crippen molar-refractivity contribution < 1.29 is 9.18 Å². The molecule has 1 rings (SSSR count). The van der Waals surface area contributed by atoms with E-state index in [9.17, 15) is 9.18 Å². The van der Waals surface area contributed by atoms with Crippen molar-refractivity contribution in [3.8, 4) is 0 Å². The van der Waals surface area contributed by atoms with E-state index in [1.165, 1.54) is 23.9 Å². The van der Waals surface area contributed by atoms with Crippen LogP contribution >= 0.6 is 11.8 Å². The van der Waals surface area contributed by atoms with Gasteiger partial charge in [0.05, 0.1) is 10.6 Å². The molecule has 1 aromatic rings. The lowest BCUT2D eigenvalue weighted by atomic mass is 10.1. The maximum atomic E-state index is 13.0. The van der Waals surface area contributed by atoms with Crippen molar-refractivity contribution in [3.63, 3.8) is 0 Å². The fourth-order valence-corrected chi connectivity index (χ4v) is 1.34. The molecule has 0 aliphatic carbocycles. The van der Waals surface area contributed by atoms with Crippen molar-refractivity contribution in [2.75, 3.05) is 6.26 Å². The number of carbonyl (C=O) groups is 1. The monoisotopic (exact) mass is 212 g/mol. The fourth-order valence-electron chi connectivity index (χ4n) is 0.973. The molecule has 0 unspecified atom stereocenters. The second-order valence-corrected chi connectivity index (χ2v) is 3.41. The minimum atomic E-state index is -0.821. The number of hydrogen-bond acceptors (Lipinski definition) is 3. The summed E-state index contributed by atoms with van der Waals surface area (Å²) in [7, 11) is 0. The fraction of sp³-hybridized carbons (Fsp3) is 0.111. The zero-order valence-electron chi connectivity index (χ0n) is 7.50. The molecular formula is C9H9FN2OS. The van der Waals surface area contributed by atoms with Crippen LogP contribution in [0.15, 0.2) is 18.2 Å². The summed E-state index contributed by atoms with van der Waals surface area (Å²) in [5.41, 5.74) is 5.28. The molecular weight excluding hydrogens is 203 g/mol. The smallest absolute Gasteiger partial charge is 0.251 e. The Morgan fingerprint density at radius 3 is 2.71 bits per heavy atom. The zero-order chi connectivity index (χ0) is 10.7. The number of benzene rings is 1. The largest absolute Gasteiger partial charge is 0.366 e. The van der Waals surface area contributed by atoms with Gasteiger partial charge in [-0.3, -0.25) is 10.2 Å². The summed E-state index contributed by atoms with van der Waals surface area (Å²) in [6, 6.07) is 3.87. The Labute approximate surface area is 85.0 Å². The molecule has 1 aromatic carbocycles. The summed E-state index contributed by atoms with van der Waals surface area (Å²) in [6.45, 7) is 0. The van der Waals surface area contributed by atoms with Gasteiger partial charge in [-0.1, -0.05) is 0 Å². The van der Waals surface area contributed by atoms with Crippen molar-refractivity contribution in [1.29, 1.82) is 5.41 Å². The number of primary amides is 1. The third-order valence-corrected chi connectivity index (χ3v) is 2.34. The summed E-state index contributed by atoms with van der Waals surface area (Å²) >= 11 is 1.21. The third kappa shape index (κ3) is 2.11. The van der Waals surface area contributed by atoms with Crippen LogP contribution in [0.3, 0.4) is 0 Å². The molecule has 3 nitrogen and oxygen atoms in total. The van der Waals surface area contributed by atoms with E-state index in [2.05, 4.69) is 0 Å². The molecule has 14 heavy (non-hydrogen) atoms. The molecule has 0 saturated heterocycles. The van der Waals surface area contributed by atoms with Crippen LogP contribution in [-0.4, -0.2) is 17.2 Å². The highest BCUT2D eigenvalue weighted by molar-refractivity contribution is 8.13. The molecule has 0 atom stereocenters. The van der Waals surface area contributed by atoms with Crippen LogP contribution in [0, 0.1) is 11.2 Å². The Morgan fingerprint density at radius 1 is 1.57 bits per heavy atom. The molecule has 0 bridgehead atoms. The second kappa shape index (κ2) is 4.23. The van der Waals surface area contributed by atoms with E-state index < -0.39 is 11.7 Å². The van der Waals surface area contributed by atoms with Gasteiger partial charge in [0.15, 0.2) is 0 Å². The number of nitrogens with two attached hydrogens (primary N) is 1. The van der Waals surface area contributed by atoms with Crippen molar-refractivity contribution >= 4 is 22.7 Å². The normalized spacial score (nSPS) is 9.86. The van der Waals surface area contributed by atoms with Crippen LogP contribution in [0.5, 0.6) is 0 Å². The highest BCUT2D eigenvalue weighted by atomic mass is 32.2. The Balaban J connectivity index is 3.19. The molecule has 1 amide bonds. The van der Waals surface area contributed by atoms with Gasteiger partial charge < -0.3 is 5.73 Å². The summed E-state index contributed by atoms with van der Waals surface area (Å²) in [5.74, 6) is -1.48. The Bertz CT molecular complexity index is 392. The molecule has 0 aliphatic heterocycles. The molecule has 0 saturated carbocycles. The SMILES string of the molecule is CSC(=N)c1ccc(F)c(C(N)=O)c1. The van der Waals surface area contributed by atoms with Gasteiger partial charge in [-0.2, -0.15) is 0 Å². The Morgan fingerprint density at radius 2 is 2.21 bits per heavy atom. The molecule has 3 N–H and O–H groups in total. The maximum Gasteiger partial charge on any atom is 0.251 e. The van der Waals surface area contributed by atoms with Gasteiger partial charge in [0.25, 0.3) is 5.91 Å². The van der Waals surface area contributed by atoms with E-state index >= 15 is 0 Å². The van der Waals surface area contributed by atoms with Crippen LogP contribution in [-0.2, 0) is 0 Å². The minimum absolute atomic E-state index is 0.179. The van der Waals surface area contributed by atoms with Crippen molar-refractivity contribution in [2.45, 2.75) is 0 Å². The topological polar surface area (TPSA) is 66.9 Å². The van der Waals surface area contributed by atoms with E-state index in [1.54, 1.807) is 6.26 Å². The Kier molecular flexibility index (Phi) is 3.24. The number of nitrogens with one attached hydrogen (secondary N) is 1. The quantitative estimate of drug-likeness (QED) is 0.577. The lowest BCUT2D eigenvalue weighted by molar-refractivity contribution is 0.0996. The van der Waals surface area contributed by atoms with Gasteiger partial charge in [-0.25, -0.2) is 4.39 Å². The lowest BCUT2D eigenvalue weighted by Crippen LogP contribution is -2.14. The highest BCUT2D eigenvalue weighted by Crippen LogP contribution is 2.14. The predicted molar refractivity (Wildman–Crippen MR) is 55.3 cm³/mol. The summed E-state index contributed by atoms with van der Waals surface area (Å²) in [4.78, 5) is 10.8. The van der Waals surface area contributed by atoms with E-state index in [0.29, 0.717) is 5.56 Å². The standard InChI is InChI=1S/C9H9FN2OS/c1-14-9(12)5-2-3-7(10)6(4-5)8(11)13/h2-4,12H,1H3,(H2,11,13). The van der Waals surface area contributed by atoms with Crippen molar-refractivity contribution in [2.24, 2.45) is 5.73 Å². The molecule has 0 spiro atoms. The second-order valence-electron chi connectivity index (χ2n) is 2.59. The molecule has 0 aromatic heterocycles. The Hall–Kier alpha value is -1.36. The van der Waals surface area contributed by atoms with Gasteiger partial charge in [0.2, 0.25) is 0 Å². The van der Waals surface area contributed by atoms with Crippen LogP contribution in [0.2, 0.25) is 0 Å². The third-order valence-electron chi connectivity index (χ3n) is 1.70. The van der Waals surface area contributed by atoms with Gasteiger partial charge >= 0.3 is 0 Å². The predicted octanol–water partition coefficient (Wildman–Crippen LogP) is 1.61. The molecule has 0 aliphatic rings. The van der Waals surface area contributed by atoms with Crippen LogP contribution < -0.4 is 5.73 Å². The van der Waals surface area contributed by atoms with Crippen LogP contribution in [0.1, 0.15) is 15.9 Å². The average Bonchev–Trinajstić information content (AvgIpc) is 2.17. The molecule has 0 heterocycles. The van der Waals surface area contributed by atoms with E-state index in [1.807, 2.05) is 0 Å². The number of halogens is 1. The summed E-state index contributed by atoms with van der Waals surface area (Å²) in [6.07, 6.45) is 1.73. The first kappa shape index (κ1) is 10.7. The van der Waals surface area contributed by atoms with Gasteiger partial charge in [0, 0.05) is 5.56 Å². The van der Waals surface area contributed by atoms with Crippen LogP contribution in [0.4, 0.5) is 4.39 Å². The van der Waals surface area contributed by atoms with Gasteiger partial charge in [0.1, 0.15) is 5.82 Å². The first-order valence-corrected chi connectivity index (χ1v) is 5.01. The molecule has 0 radical (unpaired) electrons. The molecule has 5 heteroatoms. The van der Waals surface area contributed by atoms with E-state index in [4.69, 9.17) is 11.1 Å². The van der Waals surface area contributed by atoms with E-state index in [0.717, 1.165) is 6.07 Å². The maximum absolute atomic E-state index is 13.0. The van der Waals surface area contributed by atoms with Gasteiger partial charge in [-0.05, 0) is 24.5 Å². The zero-order valence-corrected chi connectivity index (χ0v) is 8.32. The summed E-state index contributed by atoms with van der Waals surface area (Å²) < 4.78 is 13.0. The van der Waals surface area contributed by atoms with Crippen molar-refractivity contribution in [1.82, 2.24) is 0 Å². The number of rotatable bonds is 2. The highest BCUT2D eigenvalue weighted by Gasteiger charge is 2.10. The average molecular weight is 212 g/mol. The molecule has 0 fully saturated rings. The van der Waals surface area contributed by atoms with E-state index in [-0.39, 0.29) is 10.6 Å². The number of hydrogen-bond donors (Lipinski definition) is 2. The minimum Gasteiger partial charge on any atom is -0.366 e. The lowest BCUT2D eigenvalue weighted by Gasteiger charge is -2.03. The van der Waals surface area contributed by atoms with Gasteiger partial charge in [-0.15, -0.1) is 11.8 Å². The number of thioether (sulfide) groups is 1. The number of carbonyl (C=O) groups excluding carboxylic acids is 1. The van der Waals surface area contributed by atoms with Crippen LogP contribution in [0.25, 0.3) is 0 Å².